The summed E-state index contributed by atoms with van der Waals surface area (Å²) in [5.74, 6) is 5.56. The van der Waals surface area contributed by atoms with Gasteiger partial charge in [-0.1, -0.05) is 27.2 Å². The first-order chi connectivity index (χ1) is 8.27. The molecule has 1 N–H and O–H groups in total. The van der Waals surface area contributed by atoms with Gasteiger partial charge in [0.25, 0.3) is 0 Å². The zero-order valence-electron chi connectivity index (χ0n) is 12.0. The largest absolute Gasteiger partial charge is 0.316 e. The maximum atomic E-state index is 3.63. The molecule has 1 rings (SSSR count). The lowest BCUT2D eigenvalue weighted by Crippen LogP contribution is -2.33. The number of rotatable bonds is 8. The Morgan fingerprint density at radius 3 is 2.71 bits per heavy atom. The average molecular weight is 257 g/mol. The standard InChI is InChI=1S/C15H31NS/c1-4-9-16-12-15-7-6-13(3)11-14(15)8-10-17-5-2/h13-16H,4-12H2,1-3H3. The van der Waals surface area contributed by atoms with Gasteiger partial charge in [-0.15, -0.1) is 0 Å². The Bertz CT molecular complexity index is 184. The summed E-state index contributed by atoms with van der Waals surface area (Å²) in [5, 5.41) is 3.63. The molecule has 0 amide bonds. The lowest BCUT2D eigenvalue weighted by Gasteiger charge is -2.35. The van der Waals surface area contributed by atoms with E-state index in [1.54, 1.807) is 0 Å². The highest BCUT2D eigenvalue weighted by Gasteiger charge is 2.27. The van der Waals surface area contributed by atoms with E-state index in [0.717, 1.165) is 17.8 Å². The first-order valence-electron chi connectivity index (χ1n) is 7.56. The smallest absolute Gasteiger partial charge is 0.00179 e. The number of nitrogens with one attached hydrogen (secondary N) is 1. The van der Waals surface area contributed by atoms with Crippen LogP contribution in [0.2, 0.25) is 0 Å². The van der Waals surface area contributed by atoms with Gasteiger partial charge in [-0.05, 0) is 68.0 Å². The van der Waals surface area contributed by atoms with Gasteiger partial charge in [0.2, 0.25) is 0 Å². The van der Waals surface area contributed by atoms with Gasteiger partial charge in [-0.2, -0.15) is 11.8 Å². The van der Waals surface area contributed by atoms with E-state index in [1.807, 2.05) is 0 Å². The third kappa shape index (κ3) is 6.15. The fourth-order valence-electron chi connectivity index (χ4n) is 3.03. The van der Waals surface area contributed by atoms with Crippen LogP contribution in [0, 0.1) is 17.8 Å². The average Bonchev–Trinajstić information content (AvgIpc) is 2.32. The fourth-order valence-corrected chi connectivity index (χ4v) is 3.79. The van der Waals surface area contributed by atoms with Gasteiger partial charge >= 0.3 is 0 Å². The van der Waals surface area contributed by atoms with E-state index in [4.69, 9.17) is 0 Å². The van der Waals surface area contributed by atoms with Crippen LogP contribution in [-0.2, 0) is 0 Å². The number of hydrogen-bond acceptors (Lipinski definition) is 2. The van der Waals surface area contributed by atoms with Crippen molar-refractivity contribution in [3.05, 3.63) is 0 Å². The molecule has 1 aliphatic rings. The van der Waals surface area contributed by atoms with Crippen LogP contribution in [0.5, 0.6) is 0 Å². The van der Waals surface area contributed by atoms with E-state index >= 15 is 0 Å². The molecule has 0 radical (unpaired) electrons. The maximum absolute atomic E-state index is 3.63. The molecule has 0 aromatic rings. The van der Waals surface area contributed by atoms with Crippen molar-refractivity contribution in [3.63, 3.8) is 0 Å². The number of hydrogen-bond donors (Lipinski definition) is 1. The Balaban J connectivity index is 2.29. The van der Waals surface area contributed by atoms with Crippen LogP contribution in [0.3, 0.4) is 0 Å². The predicted octanol–water partition coefficient (Wildman–Crippen LogP) is 4.18. The molecule has 0 bridgehead atoms. The van der Waals surface area contributed by atoms with Crippen LogP contribution in [0.15, 0.2) is 0 Å². The molecule has 0 saturated heterocycles. The zero-order chi connectivity index (χ0) is 12.5. The maximum Gasteiger partial charge on any atom is -0.00179 e. The van der Waals surface area contributed by atoms with E-state index in [-0.39, 0.29) is 0 Å². The molecule has 17 heavy (non-hydrogen) atoms. The molecular weight excluding hydrogens is 226 g/mol. The minimum absolute atomic E-state index is 0.954. The molecular formula is C15H31NS. The first kappa shape index (κ1) is 15.4. The molecule has 0 aliphatic heterocycles. The highest BCUT2D eigenvalue weighted by Crippen LogP contribution is 2.36. The Morgan fingerprint density at radius 2 is 2.00 bits per heavy atom. The Kier molecular flexibility index (Phi) is 8.38. The SMILES string of the molecule is CCCNCC1CCC(C)CC1CCSCC. The van der Waals surface area contributed by atoms with Crippen molar-refractivity contribution in [2.24, 2.45) is 17.8 Å². The molecule has 102 valence electrons. The van der Waals surface area contributed by atoms with Crippen LogP contribution >= 0.6 is 11.8 Å². The molecule has 1 aliphatic carbocycles. The normalized spacial score (nSPS) is 29.5. The van der Waals surface area contributed by atoms with Gasteiger partial charge < -0.3 is 5.32 Å². The van der Waals surface area contributed by atoms with E-state index in [2.05, 4.69) is 37.8 Å². The summed E-state index contributed by atoms with van der Waals surface area (Å²) in [5.41, 5.74) is 0. The van der Waals surface area contributed by atoms with Crippen molar-refractivity contribution < 1.29 is 0 Å². The van der Waals surface area contributed by atoms with E-state index < -0.39 is 0 Å². The van der Waals surface area contributed by atoms with E-state index in [0.29, 0.717) is 0 Å². The van der Waals surface area contributed by atoms with Crippen molar-refractivity contribution in [3.8, 4) is 0 Å². The topological polar surface area (TPSA) is 12.0 Å². The summed E-state index contributed by atoms with van der Waals surface area (Å²) >= 11 is 2.11. The summed E-state index contributed by atoms with van der Waals surface area (Å²) in [7, 11) is 0. The highest BCUT2D eigenvalue weighted by molar-refractivity contribution is 7.99. The minimum Gasteiger partial charge on any atom is -0.316 e. The summed E-state index contributed by atoms with van der Waals surface area (Å²) in [4.78, 5) is 0. The summed E-state index contributed by atoms with van der Waals surface area (Å²) in [6.45, 7) is 9.43. The molecule has 1 fully saturated rings. The van der Waals surface area contributed by atoms with Gasteiger partial charge in [0.05, 0.1) is 0 Å². The van der Waals surface area contributed by atoms with Gasteiger partial charge in [0, 0.05) is 0 Å². The minimum atomic E-state index is 0.954. The second-order valence-corrected chi connectivity index (χ2v) is 7.02. The molecule has 1 saturated carbocycles. The van der Waals surface area contributed by atoms with Crippen LogP contribution in [0.25, 0.3) is 0 Å². The van der Waals surface area contributed by atoms with Crippen molar-refractivity contribution in [1.29, 1.82) is 0 Å². The Labute approximate surface area is 113 Å². The monoisotopic (exact) mass is 257 g/mol. The van der Waals surface area contributed by atoms with Crippen LogP contribution < -0.4 is 5.32 Å². The van der Waals surface area contributed by atoms with Gasteiger partial charge in [-0.25, -0.2) is 0 Å². The van der Waals surface area contributed by atoms with Crippen molar-refractivity contribution in [2.45, 2.75) is 52.9 Å². The third-order valence-electron chi connectivity index (χ3n) is 4.07. The molecule has 3 atom stereocenters. The van der Waals surface area contributed by atoms with Gasteiger partial charge in [0.15, 0.2) is 0 Å². The third-order valence-corrected chi connectivity index (χ3v) is 5.01. The number of thioether (sulfide) groups is 1. The van der Waals surface area contributed by atoms with E-state index in [1.165, 1.54) is 56.7 Å². The molecule has 0 aromatic carbocycles. The van der Waals surface area contributed by atoms with Crippen molar-refractivity contribution >= 4 is 11.8 Å². The second-order valence-electron chi connectivity index (χ2n) is 5.63. The molecule has 0 spiro atoms. The molecule has 0 aromatic heterocycles. The fraction of sp³-hybridized carbons (Fsp3) is 1.00. The first-order valence-corrected chi connectivity index (χ1v) is 8.71. The Hall–Kier alpha value is 0.310. The summed E-state index contributed by atoms with van der Waals surface area (Å²) in [6.07, 6.45) is 7.10. The highest BCUT2D eigenvalue weighted by atomic mass is 32.2. The van der Waals surface area contributed by atoms with Gasteiger partial charge in [0.1, 0.15) is 0 Å². The predicted molar refractivity (Wildman–Crippen MR) is 80.8 cm³/mol. The molecule has 0 heterocycles. The van der Waals surface area contributed by atoms with Crippen molar-refractivity contribution in [2.75, 3.05) is 24.6 Å². The van der Waals surface area contributed by atoms with Crippen molar-refractivity contribution in [1.82, 2.24) is 5.32 Å². The summed E-state index contributed by atoms with van der Waals surface area (Å²) < 4.78 is 0. The van der Waals surface area contributed by atoms with Crippen LogP contribution in [-0.4, -0.2) is 24.6 Å². The Morgan fingerprint density at radius 1 is 1.18 bits per heavy atom. The van der Waals surface area contributed by atoms with Crippen LogP contribution in [0.4, 0.5) is 0 Å². The molecule has 2 heteroatoms. The molecule has 1 nitrogen and oxygen atoms in total. The molecule has 3 unspecified atom stereocenters. The second kappa shape index (κ2) is 9.27. The van der Waals surface area contributed by atoms with Crippen LogP contribution in [0.1, 0.15) is 52.9 Å². The quantitative estimate of drug-likeness (QED) is 0.655. The lowest BCUT2D eigenvalue weighted by molar-refractivity contribution is 0.181. The van der Waals surface area contributed by atoms with Gasteiger partial charge in [-0.3, -0.25) is 0 Å². The van der Waals surface area contributed by atoms with E-state index in [9.17, 15) is 0 Å². The summed E-state index contributed by atoms with van der Waals surface area (Å²) in [6, 6.07) is 0. The zero-order valence-corrected chi connectivity index (χ0v) is 12.8. The lowest BCUT2D eigenvalue weighted by atomic mass is 9.73.